The number of methoxy groups -OCH3 is 1. The quantitative estimate of drug-likeness (QED) is 0.374. The maximum atomic E-state index is 14.8. The summed E-state index contributed by atoms with van der Waals surface area (Å²) in [6.45, 7) is 2.21. The van der Waals surface area contributed by atoms with Gasteiger partial charge in [-0.1, -0.05) is 32.6 Å². The minimum atomic E-state index is -3.63. The van der Waals surface area contributed by atoms with Crippen molar-refractivity contribution >= 4 is 0 Å². The predicted octanol–water partition coefficient (Wildman–Crippen LogP) is 8.16. The van der Waals surface area contributed by atoms with Gasteiger partial charge in [-0.3, -0.25) is 0 Å². The van der Waals surface area contributed by atoms with Crippen LogP contribution in [0.15, 0.2) is 12.1 Å². The third kappa shape index (κ3) is 5.64. The van der Waals surface area contributed by atoms with Crippen LogP contribution in [0.1, 0.15) is 83.1 Å². The Morgan fingerprint density at radius 1 is 0.935 bits per heavy atom. The van der Waals surface area contributed by atoms with Crippen LogP contribution < -0.4 is 9.47 Å². The van der Waals surface area contributed by atoms with E-state index < -0.39 is 41.3 Å². The second-order valence-corrected chi connectivity index (χ2v) is 9.14. The van der Waals surface area contributed by atoms with Crippen LogP contribution in [0.25, 0.3) is 0 Å². The van der Waals surface area contributed by atoms with E-state index in [2.05, 4.69) is 11.7 Å². The minimum absolute atomic E-state index is 0.287. The van der Waals surface area contributed by atoms with Crippen molar-refractivity contribution in [2.75, 3.05) is 7.11 Å². The van der Waals surface area contributed by atoms with Crippen LogP contribution in [0.3, 0.4) is 0 Å². The van der Waals surface area contributed by atoms with E-state index in [4.69, 9.17) is 4.74 Å². The summed E-state index contributed by atoms with van der Waals surface area (Å²) >= 11 is 0. The highest BCUT2D eigenvalue weighted by Gasteiger charge is 2.46. The third-order valence-corrected chi connectivity index (χ3v) is 7.29. The Morgan fingerprint density at radius 2 is 1.48 bits per heavy atom. The Morgan fingerprint density at radius 3 is 2.00 bits per heavy atom. The first kappa shape index (κ1) is 24.1. The highest BCUT2D eigenvalue weighted by atomic mass is 19.3. The number of hydrogen-bond donors (Lipinski definition) is 0. The molecule has 2 nitrogen and oxygen atoms in total. The van der Waals surface area contributed by atoms with Gasteiger partial charge >= 0.3 is 6.11 Å². The Hall–Kier alpha value is -1.53. The van der Waals surface area contributed by atoms with E-state index in [-0.39, 0.29) is 12.8 Å². The lowest BCUT2D eigenvalue weighted by atomic mass is 9.68. The standard InChI is InChI=1S/C24H33F5O2/c1-3-4-15-5-7-16(8-6-15)17-9-11-18(12-10-17)24(28,29)31-19-13-14-20(30-2)22(25)21(19)23(26)27/h13-18,23H,3-12H2,1-2H3. The van der Waals surface area contributed by atoms with Gasteiger partial charge in [0.25, 0.3) is 6.43 Å². The molecule has 0 spiro atoms. The van der Waals surface area contributed by atoms with Crippen molar-refractivity contribution in [3.8, 4) is 11.5 Å². The molecule has 0 unspecified atom stereocenters. The molecule has 0 atom stereocenters. The molecule has 0 aromatic heterocycles. The van der Waals surface area contributed by atoms with E-state index in [0.717, 1.165) is 25.2 Å². The monoisotopic (exact) mass is 448 g/mol. The van der Waals surface area contributed by atoms with E-state index in [0.29, 0.717) is 24.7 Å². The fourth-order valence-electron chi connectivity index (χ4n) is 5.52. The summed E-state index contributed by atoms with van der Waals surface area (Å²) in [5.74, 6) is -1.82. The van der Waals surface area contributed by atoms with Gasteiger partial charge in [-0.15, -0.1) is 0 Å². The Labute approximate surface area is 181 Å². The molecule has 1 aromatic carbocycles. The largest absolute Gasteiger partial charge is 0.494 e. The van der Waals surface area contributed by atoms with Crippen LogP contribution in [-0.4, -0.2) is 13.2 Å². The zero-order valence-electron chi connectivity index (χ0n) is 18.3. The Bertz CT molecular complexity index is 708. The first-order chi connectivity index (χ1) is 14.8. The van der Waals surface area contributed by atoms with Crippen LogP contribution in [0.4, 0.5) is 22.0 Å². The predicted molar refractivity (Wildman–Crippen MR) is 109 cm³/mol. The number of alkyl halides is 4. The first-order valence-corrected chi connectivity index (χ1v) is 11.5. The summed E-state index contributed by atoms with van der Waals surface area (Å²) in [6.07, 6.45) is 2.35. The van der Waals surface area contributed by atoms with E-state index in [1.165, 1.54) is 38.5 Å². The second-order valence-electron chi connectivity index (χ2n) is 9.14. The van der Waals surface area contributed by atoms with Crippen molar-refractivity contribution < 1.29 is 31.4 Å². The molecule has 31 heavy (non-hydrogen) atoms. The fourth-order valence-corrected chi connectivity index (χ4v) is 5.52. The van der Waals surface area contributed by atoms with Gasteiger partial charge in [0, 0.05) is 0 Å². The van der Waals surface area contributed by atoms with Crippen molar-refractivity contribution in [1.82, 2.24) is 0 Å². The van der Waals surface area contributed by atoms with Crippen molar-refractivity contribution in [1.29, 1.82) is 0 Å². The maximum absolute atomic E-state index is 14.8. The number of rotatable bonds is 8. The molecular weight excluding hydrogens is 415 g/mol. The van der Waals surface area contributed by atoms with Gasteiger partial charge in [-0.05, 0) is 68.4 Å². The molecule has 0 heterocycles. The topological polar surface area (TPSA) is 18.5 Å². The molecule has 2 saturated carbocycles. The number of hydrogen-bond acceptors (Lipinski definition) is 2. The molecule has 3 rings (SSSR count). The average Bonchev–Trinajstić information content (AvgIpc) is 2.74. The van der Waals surface area contributed by atoms with E-state index in [9.17, 15) is 22.0 Å². The van der Waals surface area contributed by atoms with Gasteiger partial charge in [-0.2, -0.15) is 8.78 Å². The molecule has 0 bridgehead atoms. The molecule has 0 saturated heterocycles. The Balaban J connectivity index is 1.60. The molecule has 2 aliphatic rings. The highest BCUT2D eigenvalue weighted by molar-refractivity contribution is 5.43. The summed E-state index contributed by atoms with van der Waals surface area (Å²) in [4.78, 5) is 0. The van der Waals surface area contributed by atoms with Gasteiger partial charge in [0.15, 0.2) is 11.6 Å². The van der Waals surface area contributed by atoms with Gasteiger partial charge in [0.2, 0.25) is 0 Å². The highest BCUT2D eigenvalue weighted by Crippen LogP contribution is 2.47. The summed E-state index contributed by atoms with van der Waals surface area (Å²) in [7, 11) is 1.12. The van der Waals surface area contributed by atoms with Crippen molar-refractivity contribution in [2.45, 2.75) is 83.7 Å². The smallest absolute Gasteiger partial charge is 0.400 e. The third-order valence-electron chi connectivity index (χ3n) is 7.29. The van der Waals surface area contributed by atoms with Gasteiger partial charge < -0.3 is 9.47 Å². The molecule has 0 amide bonds. The van der Waals surface area contributed by atoms with Crippen LogP contribution in [-0.2, 0) is 0 Å². The SMILES string of the molecule is CCCC1CCC(C2CCC(C(F)(F)Oc3ccc(OC)c(F)c3C(F)F)CC2)CC1. The molecule has 2 fully saturated rings. The summed E-state index contributed by atoms with van der Waals surface area (Å²) in [6, 6.07) is 1.95. The number of benzene rings is 1. The lowest BCUT2D eigenvalue weighted by molar-refractivity contribution is -0.225. The zero-order chi connectivity index (χ0) is 22.6. The van der Waals surface area contributed by atoms with Crippen LogP contribution >= 0.6 is 0 Å². The number of halogens is 5. The molecule has 0 radical (unpaired) electrons. The summed E-state index contributed by atoms with van der Waals surface area (Å²) in [5, 5.41) is 0. The van der Waals surface area contributed by atoms with E-state index in [1.807, 2.05) is 0 Å². The zero-order valence-corrected chi connectivity index (χ0v) is 18.3. The van der Waals surface area contributed by atoms with Crippen LogP contribution in [0.5, 0.6) is 11.5 Å². The van der Waals surface area contributed by atoms with Gasteiger partial charge in [-0.25, -0.2) is 13.2 Å². The molecule has 0 N–H and O–H groups in total. The second kappa shape index (κ2) is 10.4. The van der Waals surface area contributed by atoms with Gasteiger partial charge in [0.1, 0.15) is 5.75 Å². The molecule has 176 valence electrons. The van der Waals surface area contributed by atoms with E-state index in [1.54, 1.807) is 0 Å². The number of ether oxygens (including phenoxy) is 2. The van der Waals surface area contributed by atoms with Crippen LogP contribution in [0, 0.1) is 29.5 Å². The molecular formula is C24H33F5O2. The van der Waals surface area contributed by atoms with Gasteiger partial charge in [0.05, 0.1) is 18.6 Å². The molecule has 1 aromatic rings. The molecule has 7 heteroatoms. The first-order valence-electron chi connectivity index (χ1n) is 11.5. The molecule has 0 aliphatic heterocycles. The maximum Gasteiger partial charge on any atom is 0.400 e. The van der Waals surface area contributed by atoms with Crippen LogP contribution in [0.2, 0.25) is 0 Å². The van der Waals surface area contributed by atoms with E-state index >= 15 is 0 Å². The lowest BCUT2D eigenvalue weighted by Gasteiger charge is -2.39. The average molecular weight is 449 g/mol. The lowest BCUT2D eigenvalue weighted by Crippen LogP contribution is -2.38. The van der Waals surface area contributed by atoms with Crippen molar-refractivity contribution in [3.05, 3.63) is 23.5 Å². The Kier molecular flexibility index (Phi) is 8.08. The fraction of sp³-hybridized carbons (Fsp3) is 0.750. The molecule has 2 aliphatic carbocycles. The normalized spacial score (nSPS) is 27.4. The summed E-state index contributed by atoms with van der Waals surface area (Å²) < 4.78 is 80.0. The minimum Gasteiger partial charge on any atom is -0.494 e. The summed E-state index contributed by atoms with van der Waals surface area (Å²) in [5.41, 5.74) is -1.18. The van der Waals surface area contributed by atoms with Crippen molar-refractivity contribution in [2.24, 2.45) is 23.7 Å². The van der Waals surface area contributed by atoms with Crippen molar-refractivity contribution in [3.63, 3.8) is 0 Å².